The lowest BCUT2D eigenvalue weighted by atomic mass is 9.90. The third-order valence-corrected chi connectivity index (χ3v) is 5.02. The van der Waals surface area contributed by atoms with Crippen LogP contribution in [-0.4, -0.2) is 41.4 Å². The lowest BCUT2D eigenvalue weighted by Crippen LogP contribution is -2.39. The molecule has 0 spiro atoms. The molecule has 1 saturated heterocycles. The molecule has 0 unspecified atom stereocenters. The molecule has 4 heterocycles. The van der Waals surface area contributed by atoms with Crippen molar-refractivity contribution in [2.45, 2.75) is 43.8 Å². The number of alkyl halides is 2. The number of hydrogen-bond acceptors (Lipinski definition) is 7. The lowest BCUT2D eigenvalue weighted by Gasteiger charge is -2.28. The normalized spacial score (nSPS) is 26.2. The van der Waals surface area contributed by atoms with E-state index in [1.165, 1.54) is 19.4 Å². The van der Waals surface area contributed by atoms with Crippen molar-refractivity contribution in [1.82, 2.24) is 19.5 Å². The molecule has 4 rings (SSSR count). The molecule has 3 aromatic heterocycles. The Hall–Kier alpha value is -2.69. The molecule has 0 aromatic carbocycles. The summed E-state index contributed by atoms with van der Waals surface area (Å²) in [7, 11) is 0. The van der Waals surface area contributed by atoms with Gasteiger partial charge in [-0.2, -0.15) is 0 Å². The molecule has 1 aliphatic heterocycles. The van der Waals surface area contributed by atoms with Gasteiger partial charge in [0, 0.05) is 36.1 Å². The molecule has 1 fully saturated rings. The zero-order valence-corrected chi connectivity index (χ0v) is 14.9. The molecule has 0 aliphatic carbocycles. The molecule has 4 N–H and O–H groups in total. The summed E-state index contributed by atoms with van der Waals surface area (Å²) in [6.45, 7) is 1.53. The molecule has 28 heavy (non-hydrogen) atoms. The van der Waals surface area contributed by atoms with Gasteiger partial charge in [-0.15, -0.1) is 0 Å². The van der Waals surface area contributed by atoms with Gasteiger partial charge in [0.15, 0.2) is 0 Å². The van der Waals surface area contributed by atoms with E-state index in [1.807, 2.05) is 0 Å². The molecule has 8 nitrogen and oxygen atoms in total. The van der Waals surface area contributed by atoms with Crippen LogP contribution in [0.1, 0.15) is 43.2 Å². The summed E-state index contributed by atoms with van der Waals surface area (Å²) in [6.07, 6.45) is -0.225. The Bertz CT molecular complexity index is 1010. The molecule has 0 radical (unpaired) electrons. The Kier molecular flexibility index (Phi) is 4.48. The van der Waals surface area contributed by atoms with Gasteiger partial charge in [0.25, 0.3) is 6.43 Å². The maximum atomic E-state index is 12.9. The molecule has 0 amide bonds. The van der Waals surface area contributed by atoms with Crippen molar-refractivity contribution in [2.75, 3.05) is 5.73 Å². The van der Waals surface area contributed by atoms with Gasteiger partial charge in [-0.25, -0.2) is 18.7 Å². The minimum atomic E-state index is -2.71. The highest BCUT2D eigenvalue weighted by Crippen LogP contribution is 2.43. The molecule has 0 bridgehead atoms. The molecule has 148 valence electrons. The minimum Gasteiger partial charge on any atom is -0.387 e. The number of fused-ring (bicyclic) bond motifs is 1. The van der Waals surface area contributed by atoms with Crippen LogP contribution in [0, 0.1) is 0 Å². The molecule has 1 aliphatic rings. The van der Waals surface area contributed by atoms with Crippen LogP contribution in [0.2, 0.25) is 0 Å². The van der Waals surface area contributed by atoms with E-state index in [4.69, 9.17) is 10.5 Å². The van der Waals surface area contributed by atoms with Crippen molar-refractivity contribution in [3.8, 4) is 0 Å². The first-order chi connectivity index (χ1) is 13.3. The summed E-state index contributed by atoms with van der Waals surface area (Å²) in [6, 6.07) is 2.90. The zero-order chi connectivity index (χ0) is 20.1. The number of pyridine rings is 1. The lowest BCUT2D eigenvalue weighted by molar-refractivity contribution is -0.111. The van der Waals surface area contributed by atoms with Crippen LogP contribution in [-0.2, 0) is 4.74 Å². The number of anilines is 1. The quantitative estimate of drug-likeness (QED) is 0.623. The van der Waals surface area contributed by atoms with E-state index in [1.54, 1.807) is 16.8 Å². The van der Waals surface area contributed by atoms with Crippen LogP contribution in [0.4, 0.5) is 14.6 Å². The van der Waals surface area contributed by atoms with Crippen LogP contribution < -0.4 is 5.73 Å². The number of nitrogens with zero attached hydrogens (tertiary/aromatic N) is 4. The number of halogens is 2. The maximum absolute atomic E-state index is 12.9. The second kappa shape index (κ2) is 6.73. The Morgan fingerprint density at radius 3 is 2.82 bits per heavy atom. The van der Waals surface area contributed by atoms with E-state index in [2.05, 4.69) is 15.0 Å². The average molecular weight is 391 g/mol. The number of nitrogens with two attached hydrogens (primary N) is 1. The molecular weight excluding hydrogens is 372 g/mol. The van der Waals surface area contributed by atoms with Crippen molar-refractivity contribution in [2.24, 2.45) is 0 Å². The van der Waals surface area contributed by atoms with E-state index in [0.29, 0.717) is 16.9 Å². The smallest absolute Gasteiger partial charge is 0.265 e. The standard InChI is InChI=1S/C18H19F2N5O3/c1-18(27)5-12(25-3-2-11-16(21)23-8-24-17(11)25)28-14(18)13(26)9-4-10(15(19)20)7-22-6-9/h2-4,6-8,12-15,26-27H,5H2,1H3,(H2,21,23,24)/t12-,13-,14-,18+/m1/s1. The van der Waals surface area contributed by atoms with Gasteiger partial charge in [0.2, 0.25) is 0 Å². The fourth-order valence-corrected chi connectivity index (χ4v) is 3.57. The van der Waals surface area contributed by atoms with E-state index < -0.39 is 30.5 Å². The number of rotatable bonds is 4. The van der Waals surface area contributed by atoms with Gasteiger partial charge in [0.1, 0.15) is 36.2 Å². The van der Waals surface area contributed by atoms with Crippen molar-refractivity contribution in [1.29, 1.82) is 0 Å². The Balaban J connectivity index is 1.64. The summed E-state index contributed by atoms with van der Waals surface area (Å²) < 4.78 is 33.5. The van der Waals surface area contributed by atoms with Gasteiger partial charge >= 0.3 is 0 Å². The molecule has 4 atom stereocenters. The SMILES string of the molecule is C[C@]1(O)C[C@H](n2ccc3c(N)ncnc32)O[C@@H]1[C@H](O)c1cncc(C(F)F)c1. The van der Waals surface area contributed by atoms with Crippen LogP contribution in [0.25, 0.3) is 11.0 Å². The number of ether oxygens (including phenoxy) is 1. The second-order valence-electron chi connectivity index (χ2n) is 7.09. The second-order valence-corrected chi connectivity index (χ2v) is 7.09. The highest BCUT2D eigenvalue weighted by Gasteiger charge is 2.48. The third-order valence-electron chi connectivity index (χ3n) is 5.02. The number of nitrogen functional groups attached to an aromatic ring is 1. The summed E-state index contributed by atoms with van der Waals surface area (Å²) in [4.78, 5) is 11.9. The van der Waals surface area contributed by atoms with E-state index in [0.717, 1.165) is 12.3 Å². The topological polar surface area (TPSA) is 119 Å². The number of hydrogen-bond donors (Lipinski definition) is 3. The minimum absolute atomic E-state index is 0.146. The number of aliphatic hydroxyl groups is 2. The monoisotopic (exact) mass is 391 g/mol. The van der Waals surface area contributed by atoms with Gasteiger partial charge in [-0.05, 0) is 19.1 Å². The maximum Gasteiger partial charge on any atom is 0.265 e. The molecule has 10 heteroatoms. The number of aromatic nitrogens is 4. The first-order valence-electron chi connectivity index (χ1n) is 8.64. The average Bonchev–Trinajstić information content (AvgIpc) is 3.22. The summed E-state index contributed by atoms with van der Waals surface area (Å²) >= 11 is 0. The predicted octanol–water partition coefficient (Wildman–Crippen LogP) is 2.12. The Labute approximate surface area is 158 Å². The molecule has 0 saturated carbocycles. The van der Waals surface area contributed by atoms with Crippen LogP contribution >= 0.6 is 0 Å². The van der Waals surface area contributed by atoms with Crippen LogP contribution in [0.15, 0.2) is 37.1 Å². The van der Waals surface area contributed by atoms with Crippen molar-refractivity contribution >= 4 is 16.9 Å². The Morgan fingerprint density at radius 1 is 1.32 bits per heavy atom. The summed E-state index contributed by atoms with van der Waals surface area (Å²) in [5, 5.41) is 22.2. The molecule has 3 aromatic rings. The highest BCUT2D eigenvalue weighted by molar-refractivity contribution is 5.86. The summed E-state index contributed by atoms with van der Waals surface area (Å²) in [5.74, 6) is 0.319. The number of aliphatic hydroxyl groups excluding tert-OH is 1. The van der Waals surface area contributed by atoms with Gasteiger partial charge < -0.3 is 25.3 Å². The van der Waals surface area contributed by atoms with Crippen LogP contribution in [0.3, 0.4) is 0 Å². The van der Waals surface area contributed by atoms with E-state index >= 15 is 0 Å². The first kappa shape index (κ1) is 18.7. The first-order valence-corrected chi connectivity index (χ1v) is 8.64. The van der Waals surface area contributed by atoms with Gasteiger partial charge in [-0.3, -0.25) is 4.98 Å². The third kappa shape index (κ3) is 3.09. The fourth-order valence-electron chi connectivity index (χ4n) is 3.57. The Morgan fingerprint density at radius 2 is 2.07 bits per heavy atom. The van der Waals surface area contributed by atoms with Crippen molar-refractivity contribution in [3.05, 3.63) is 48.2 Å². The highest BCUT2D eigenvalue weighted by atomic mass is 19.3. The van der Waals surface area contributed by atoms with Crippen LogP contribution in [0.5, 0.6) is 0 Å². The summed E-state index contributed by atoms with van der Waals surface area (Å²) in [5.41, 5.74) is 4.80. The predicted molar refractivity (Wildman–Crippen MR) is 95.2 cm³/mol. The largest absolute Gasteiger partial charge is 0.387 e. The van der Waals surface area contributed by atoms with E-state index in [9.17, 15) is 19.0 Å². The van der Waals surface area contributed by atoms with E-state index in [-0.39, 0.29) is 17.5 Å². The molecular formula is C18H19F2N5O3. The van der Waals surface area contributed by atoms with Gasteiger partial charge in [0.05, 0.1) is 11.0 Å². The fraction of sp³-hybridized carbons (Fsp3) is 0.389. The van der Waals surface area contributed by atoms with Crippen molar-refractivity contribution < 1.29 is 23.7 Å². The zero-order valence-electron chi connectivity index (χ0n) is 14.9. The van der Waals surface area contributed by atoms with Gasteiger partial charge in [-0.1, -0.05) is 0 Å². The van der Waals surface area contributed by atoms with Crippen molar-refractivity contribution in [3.63, 3.8) is 0 Å².